The maximum Gasteiger partial charge on any atom is 0.414 e. The summed E-state index contributed by atoms with van der Waals surface area (Å²) in [5, 5.41) is 1.74. The van der Waals surface area contributed by atoms with E-state index in [0.717, 1.165) is 13.8 Å². The van der Waals surface area contributed by atoms with E-state index in [4.69, 9.17) is 34.8 Å². The number of halogens is 3. The fourth-order valence-corrected chi connectivity index (χ4v) is 1.08. The van der Waals surface area contributed by atoms with E-state index < -0.39 is 47.0 Å². The average Bonchev–Trinajstić information content (AvgIpc) is 2.30. The fraction of sp³-hybridized carbons (Fsp3) is 0.600. The molecule has 120 valence electrons. The zero-order valence-corrected chi connectivity index (χ0v) is 13.3. The van der Waals surface area contributed by atoms with Gasteiger partial charge in [0.2, 0.25) is 9.90 Å². The van der Waals surface area contributed by atoms with Gasteiger partial charge in [0.25, 0.3) is 5.91 Å². The summed E-state index contributed by atoms with van der Waals surface area (Å²) in [6.45, 7) is 0.977. The van der Waals surface area contributed by atoms with E-state index in [2.05, 4.69) is 14.2 Å². The molecule has 0 aromatic rings. The van der Waals surface area contributed by atoms with Crippen LogP contribution in [0.2, 0.25) is 0 Å². The minimum atomic E-state index is -1.84. The predicted octanol–water partition coefficient (Wildman–Crippen LogP) is 1.10. The van der Waals surface area contributed by atoms with Gasteiger partial charge in [-0.05, 0) is 0 Å². The summed E-state index contributed by atoms with van der Waals surface area (Å²) < 4.78 is 11.7. The maximum absolute atomic E-state index is 11.6. The summed E-state index contributed by atoms with van der Waals surface area (Å²) in [4.78, 5) is 44.4. The van der Waals surface area contributed by atoms with Crippen LogP contribution in [0.3, 0.4) is 0 Å². The minimum absolute atomic E-state index is 0.557. The molecule has 0 aliphatic heterocycles. The van der Waals surface area contributed by atoms with Gasteiger partial charge in [0.05, 0.1) is 0 Å². The third kappa shape index (κ3) is 11.1. The molecule has 0 heterocycles. The molecule has 0 radical (unpaired) electrons. The summed E-state index contributed by atoms with van der Waals surface area (Å²) in [6, 6.07) is 0. The van der Waals surface area contributed by atoms with Crippen molar-refractivity contribution >= 4 is 58.7 Å². The van der Waals surface area contributed by atoms with E-state index in [-0.39, 0.29) is 0 Å². The number of ether oxygens (including phenoxy) is 3. The molecule has 0 unspecified atom stereocenters. The van der Waals surface area contributed by atoms with Crippen LogP contribution in [0.5, 0.6) is 0 Å². The molecule has 1 N–H and O–H groups in total. The molecule has 0 aliphatic carbocycles. The second kappa shape index (κ2) is 8.91. The van der Waals surface area contributed by atoms with Crippen LogP contribution in [0.25, 0.3) is 0 Å². The first-order valence-electron chi connectivity index (χ1n) is 5.36. The number of hydrogen-bond donors (Lipinski definition) is 1. The Morgan fingerprint density at radius 2 is 1.62 bits per heavy atom. The van der Waals surface area contributed by atoms with Gasteiger partial charge >= 0.3 is 18.0 Å². The number of alkyl carbamates (subject to hydrolysis) is 1. The number of nitrogens with one attached hydrogen (secondary N) is 1. The third-order valence-corrected chi connectivity index (χ3v) is 1.96. The van der Waals surface area contributed by atoms with Crippen molar-refractivity contribution in [2.45, 2.75) is 23.7 Å². The van der Waals surface area contributed by atoms with E-state index >= 15 is 0 Å². The van der Waals surface area contributed by atoms with Gasteiger partial charge in [0, 0.05) is 13.8 Å². The van der Waals surface area contributed by atoms with E-state index in [1.165, 1.54) is 0 Å². The quantitative estimate of drug-likeness (QED) is 0.442. The van der Waals surface area contributed by atoms with Crippen LogP contribution >= 0.6 is 34.8 Å². The predicted molar refractivity (Wildman–Crippen MR) is 72.0 cm³/mol. The normalized spacial score (nSPS) is 12.0. The lowest BCUT2D eigenvalue weighted by Crippen LogP contribution is -2.44. The van der Waals surface area contributed by atoms with Crippen LogP contribution in [0.15, 0.2) is 0 Å². The molecule has 2 amide bonds. The van der Waals surface area contributed by atoms with Crippen molar-refractivity contribution in [3.05, 3.63) is 0 Å². The lowest BCUT2D eigenvalue weighted by atomic mass is 10.3. The molecule has 21 heavy (non-hydrogen) atoms. The Kier molecular flexibility index (Phi) is 8.38. The van der Waals surface area contributed by atoms with Crippen molar-refractivity contribution in [1.29, 1.82) is 0 Å². The second-order valence-corrected chi connectivity index (χ2v) is 6.10. The molecule has 1 atom stereocenters. The molecule has 0 saturated heterocycles. The lowest BCUT2D eigenvalue weighted by Gasteiger charge is -2.16. The first-order valence-corrected chi connectivity index (χ1v) is 6.49. The highest BCUT2D eigenvalue weighted by Gasteiger charge is 2.27. The first kappa shape index (κ1) is 19.8. The van der Waals surface area contributed by atoms with E-state index in [0.29, 0.717) is 0 Å². The van der Waals surface area contributed by atoms with Gasteiger partial charge in [-0.1, -0.05) is 34.8 Å². The van der Waals surface area contributed by atoms with Crippen LogP contribution in [-0.4, -0.2) is 47.0 Å². The number of rotatable bonds is 5. The third-order valence-electron chi connectivity index (χ3n) is 1.63. The number of alkyl halides is 3. The minimum Gasteiger partial charge on any atom is -0.461 e. The van der Waals surface area contributed by atoms with Gasteiger partial charge in [-0.3, -0.25) is 19.7 Å². The highest BCUT2D eigenvalue weighted by atomic mass is 35.6. The lowest BCUT2D eigenvalue weighted by molar-refractivity contribution is -0.161. The van der Waals surface area contributed by atoms with E-state index in [9.17, 15) is 19.2 Å². The number of carbonyl (C=O) groups is 4. The summed E-state index contributed by atoms with van der Waals surface area (Å²) in [7, 11) is 0. The van der Waals surface area contributed by atoms with Crippen molar-refractivity contribution in [3.63, 3.8) is 0 Å². The number of hydrogen-bond acceptors (Lipinski definition) is 7. The zero-order chi connectivity index (χ0) is 16.6. The first-order chi connectivity index (χ1) is 9.51. The Labute approximate surface area is 134 Å². The molecule has 0 aliphatic rings. The molecule has 11 heteroatoms. The van der Waals surface area contributed by atoms with Crippen LogP contribution in [0.1, 0.15) is 13.8 Å². The van der Waals surface area contributed by atoms with Crippen LogP contribution < -0.4 is 5.32 Å². The van der Waals surface area contributed by atoms with Gasteiger partial charge in [0.1, 0.15) is 13.2 Å². The molecule has 0 rings (SSSR count). The largest absolute Gasteiger partial charge is 0.461 e. The maximum atomic E-state index is 11.6. The van der Waals surface area contributed by atoms with Crippen LogP contribution in [0, 0.1) is 0 Å². The molecule has 0 bridgehead atoms. The van der Waals surface area contributed by atoms with Gasteiger partial charge in [-0.15, -0.1) is 0 Å². The molecule has 0 aromatic carbocycles. The van der Waals surface area contributed by atoms with E-state index in [1.54, 1.807) is 5.32 Å². The molecule has 0 spiro atoms. The SMILES string of the molecule is CC(=O)OC[C@H](OC(C)=O)C(=O)NC(=O)OCC(Cl)(Cl)Cl. The summed E-state index contributed by atoms with van der Waals surface area (Å²) >= 11 is 16.0. The van der Waals surface area contributed by atoms with Gasteiger partial charge in [0.15, 0.2) is 0 Å². The van der Waals surface area contributed by atoms with Crippen LogP contribution in [-0.2, 0) is 28.6 Å². The molecular weight excluding hydrogens is 352 g/mol. The second-order valence-electron chi connectivity index (χ2n) is 3.58. The van der Waals surface area contributed by atoms with Crippen molar-refractivity contribution < 1.29 is 33.4 Å². The number of esters is 2. The number of carbonyl (C=O) groups excluding carboxylic acids is 4. The van der Waals surface area contributed by atoms with Crippen molar-refractivity contribution in [2.24, 2.45) is 0 Å². The Hall–Kier alpha value is -1.25. The van der Waals surface area contributed by atoms with Gasteiger partial charge < -0.3 is 14.2 Å². The molecule has 0 fully saturated rings. The number of imide groups is 1. The summed E-state index contributed by atoms with van der Waals surface area (Å²) in [5.74, 6) is -2.56. The standard InChI is InChI=1S/C10H12Cl3NO7/c1-5(15)19-3-7(21-6(2)16)8(17)14-9(18)20-4-10(11,12)13/h7H,3-4H2,1-2H3,(H,14,17,18)/t7-/m0/s1. The smallest absolute Gasteiger partial charge is 0.414 e. The Morgan fingerprint density at radius 3 is 2.05 bits per heavy atom. The number of amides is 2. The van der Waals surface area contributed by atoms with Gasteiger partial charge in [-0.2, -0.15) is 0 Å². The Balaban J connectivity index is 4.47. The summed E-state index contributed by atoms with van der Waals surface area (Å²) in [5.41, 5.74) is 0. The highest BCUT2D eigenvalue weighted by molar-refractivity contribution is 6.67. The monoisotopic (exact) mass is 363 g/mol. The fourth-order valence-electron chi connectivity index (χ4n) is 0.921. The zero-order valence-electron chi connectivity index (χ0n) is 11.0. The Morgan fingerprint density at radius 1 is 1.05 bits per heavy atom. The molecule has 0 aromatic heterocycles. The summed E-state index contributed by atoms with van der Waals surface area (Å²) in [6.07, 6.45) is -2.72. The topological polar surface area (TPSA) is 108 Å². The van der Waals surface area contributed by atoms with E-state index in [1.807, 2.05) is 0 Å². The average molecular weight is 365 g/mol. The highest BCUT2D eigenvalue weighted by Crippen LogP contribution is 2.25. The Bertz CT molecular complexity index is 421. The molecular formula is C10H12Cl3NO7. The van der Waals surface area contributed by atoms with Gasteiger partial charge in [-0.25, -0.2) is 4.79 Å². The van der Waals surface area contributed by atoms with Crippen molar-refractivity contribution in [3.8, 4) is 0 Å². The molecule has 8 nitrogen and oxygen atoms in total. The van der Waals surface area contributed by atoms with Crippen molar-refractivity contribution in [1.82, 2.24) is 5.32 Å². The van der Waals surface area contributed by atoms with Crippen molar-refractivity contribution in [2.75, 3.05) is 13.2 Å². The molecule has 0 saturated carbocycles. The van der Waals surface area contributed by atoms with Crippen LogP contribution in [0.4, 0.5) is 4.79 Å².